The van der Waals surface area contributed by atoms with E-state index in [4.69, 9.17) is 10.5 Å². The number of aromatic nitrogens is 3. The molecule has 6 heteroatoms. The lowest BCUT2D eigenvalue weighted by Gasteiger charge is -2.34. The molecule has 0 spiro atoms. The zero-order valence-electron chi connectivity index (χ0n) is 15.0. The second-order valence-electron chi connectivity index (χ2n) is 7.55. The van der Waals surface area contributed by atoms with Crippen LogP contribution in [0.1, 0.15) is 46.6 Å². The highest BCUT2D eigenvalue weighted by atomic mass is 16.5. The molecule has 0 saturated heterocycles. The van der Waals surface area contributed by atoms with Gasteiger partial charge in [-0.2, -0.15) is 5.10 Å². The fraction of sp³-hybridized carbons (Fsp3) is 0.500. The van der Waals surface area contributed by atoms with E-state index in [-0.39, 0.29) is 11.5 Å². The topological polar surface area (TPSA) is 83.0 Å². The van der Waals surface area contributed by atoms with Gasteiger partial charge in [-0.15, -0.1) is 0 Å². The summed E-state index contributed by atoms with van der Waals surface area (Å²) < 4.78 is 7.08. The quantitative estimate of drug-likeness (QED) is 0.852. The summed E-state index contributed by atoms with van der Waals surface area (Å²) in [6, 6.07) is 7.45. The van der Waals surface area contributed by atoms with Crippen molar-refractivity contribution in [3.63, 3.8) is 0 Å². The summed E-state index contributed by atoms with van der Waals surface area (Å²) >= 11 is 0. The van der Waals surface area contributed by atoms with Gasteiger partial charge in [0.05, 0.1) is 11.8 Å². The van der Waals surface area contributed by atoms with E-state index in [0.29, 0.717) is 6.42 Å². The number of ether oxygens (including phenoxy) is 1. The Morgan fingerprint density at radius 2 is 1.88 bits per heavy atom. The van der Waals surface area contributed by atoms with Crippen molar-refractivity contribution < 1.29 is 9.53 Å². The maximum absolute atomic E-state index is 12.7. The Kier molecular flexibility index (Phi) is 5.08. The first-order valence-corrected chi connectivity index (χ1v) is 8.07. The van der Waals surface area contributed by atoms with Gasteiger partial charge in [0, 0.05) is 0 Å². The van der Waals surface area contributed by atoms with Gasteiger partial charge >= 0.3 is 5.97 Å². The molecule has 6 nitrogen and oxygen atoms in total. The van der Waals surface area contributed by atoms with Crippen molar-refractivity contribution in [2.75, 3.05) is 0 Å². The second-order valence-corrected chi connectivity index (χ2v) is 7.55. The minimum absolute atomic E-state index is 0.130. The minimum atomic E-state index is -1.19. The highest BCUT2D eigenvalue weighted by Gasteiger charge is 2.41. The summed E-state index contributed by atoms with van der Waals surface area (Å²) in [6.45, 7) is 9.82. The Balaban J connectivity index is 2.37. The summed E-state index contributed by atoms with van der Waals surface area (Å²) in [7, 11) is 0. The zero-order chi connectivity index (χ0) is 18.0. The Bertz CT molecular complexity index is 672. The van der Waals surface area contributed by atoms with E-state index in [0.717, 1.165) is 11.3 Å². The molecule has 1 aromatic carbocycles. The Morgan fingerprint density at radius 1 is 1.25 bits per heavy atom. The number of nitrogens with two attached hydrogens (primary N) is 1. The van der Waals surface area contributed by atoms with Crippen LogP contribution in [0, 0.1) is 5.41 Å². The molecule has 0 radical (unpaired) electrons. The molecule has 0 amide bonds. The van der Waals surface area contributed by atoms with E-state index < -0.39 is 11.5 Å². The molecule has 1 aromatic heterocycles. The summed E-state index contributed by atoms with van der Waals surface area (Å²) in [5.74, 6) is -0.402. The lowest BCUT2D eigenvalue weighted by Crippen LogP contribution is -2.49. The lowest BCUT2D eigenvalue weighted by atomic mass is 9.76. The van der Waals surface area contributed by atoms with E-state index in [9.17, 15) is 4.79 Å². The SMILES string of the molecule is CC(C)OC(=O)[C@@](N)(CC(C)(C)C)c1ccc(-n2cncn2)cc1. The smallest absolute Gasteiger partial charge is 0.331 e. The Labute approximate surface area is 143 Å². The molecule has 0 aliphatic heterocycles. The van der Waals surface area contributed by atoms with Crippen LogP contribution in [0.25, 0.3) is 5.69 Å². The summed E-state index contributed by atoms with van der Waals surface area (Å²) in [4.78, 5) is 16.6. The van der Waals surface area contributed by atoms with Crippen molar-refractivity contribution in [1.82, 2.24) is 14.8 Å². The van der Waals surface area contributed by atoms with Gasteiger partial charge in [0.1, 0.15) is 18.2 Å². The second kappa shape index (κ2) is 6.73. The van der Waals surface area contributed by atoms with E-state index in [1.807, 2.05) is 38.1 Å². The van der Waals surface area contributed by atoms with Crippen molar-refractivity contribution in [1.29, 1.82) is 0 Å². The molecule has 1 atom stereocenters. The molecule has 2 N–H and O–H groups in total. The van der Waals surface area contributed by atoms with Gasteiger partial charge in [-0.3, -0.25) is 0 Å². The first-order valence-electron chi connectivity index (χ1n) is 8.07. The molecule has 2 aromatic rings. The van der Waals surface area contributed by atoms with Crippen LogP contribution < -0.4 is 5.73 Å². The Morgan fingerprint density at radius 3 is 2.33 bits per heavy atom. The average molecular weight is 330 g/mol. The van der Waals surface area contributed by atoms with E-state index in [1.165, 1.54) is 6.33 Å². The van der Waals surface area contributed by atoms with Gasteiger partial charge in [0.2, 0.25) is 0 Å². The number of carbonyl (C=O) groups excluding carboxylic acids is 1. The first kappa shape index (κ1) is 18.1. The molecule has 1 heterocycles. The number of nitrogens with zero attached hydrogens (tertiary/aromatic N) is 3. The molecule has 2 rings (SSSR count). The Hall–Kier alpha value is -2.21. The van der Waals surface area contributed by atoms with Crippen LogP contribution in [0.2, 0.25) is 0 Å². The van der Waals surface area contributed by atoms with Gasteiger partial charge in [0.25, 0.3) is 0 Å². The minimum Gasteiger partial charge on any atom is -0.461 e. The monoisotopic (exact) mass is 330 g/mol. The van der Waals surface area contributed by atoms with Crippen molar-refractivity contribution >= 4 is 5.97 Å². The largest absolute Gasteiger partial charge is 0.461 e. The number of benzene rings is 1. The van der Waals surface area contributed by atoms with Gasteiger partial charge in [0.15, 0.2) is 0 Å². The van der Waals surface area contributed by atoms with E-state index in [1.54, 1.807) is 11.0 Å². The lowest BCUT2D eigenvalue weighted by molar-refractivity contribution is -0.156. The van der Waals surface area contributed by atoms with Crippen molar-refractivity contribution in [2.24, 2.45) is 11.1 Å². The molecule has 0 aliphatic carbocycles. The third-order valence-electron chi connectivity index (χ3n) is 3.58. The number of hydrogen-bond donors (Lipinski definition) is 1. The van der Waals surface area contributed by atoms with Gasteiger partial charge in [-0.05, 0) is 43.4 Å². The average Bonchev–Trinajstić information content (AvgIpc) is 2.99. The van der Waals surface area contributed by atoms with Crippen LogP contribution in [0.3, 0.4) is 0 Å². The summed E-state index contributed by atoms with van der Waals surface area (Å²) in [5, 5.41) is 4.09. The first-order chi connectivity index (χ1) is 11.1. The van der Waals surface area contributed by atoms with Gasteiger partial charge in [-0.25, -0.2) is 14.5 Å². The predicted molar refractivity (Wildman–Crippen MR) is 92.5 cm³/mol. The molecule has 0 fully saturated rings. The fourth-order valence-corrected chi connectivity index (χ4v) is 2.70. The molecule has 0 bridgehead atoms. The predicted octanol–water partition coefficient (Wildman–Crippen LogP) is 2.81. The maximum Gasteiger partial charge on any atom is 0.331 e. The fourth-order valence-electron chi connectivity index (χ4n) is 2.70. The summed E-state index contributed by atoms with van der Waals surface area (Å²) in [6.07, 6.45) is 3.36. The maximum atomic E-state index is 12.7. The van der Waals surface area contributed by atoms with Crippen LogP contribution in [0.4, 0.5) is 0 Å². The number of esters is 1. The molecule has 24 heavy (non-hydrogen) atoms. The van der Waals surface area contributed by atoms with Crippen LogP contribution in [-0.2, 0) is 15.1 Å². The molecule has 0 saturated carbocycles. The van der Waals surface area contributed by atoms with Crippen LogP contribution in [0.15, 0.2) is 36.9 Å². The third-order valence-corrected chi connectivity index (χ3v) is 3.58. The standard InChI is InChI=1S/C18H26N4O2/c1-13(2)24-16(23)18(19,10-17(3,4)5)14-6-8-15(9-7-14)22-12-20-11-21-22/h6-9,11-13H,10,19H2,1-5H3/t18-/m1/s1. The zero-order valence-corrected chi connectivity index (χ0v) is 15.0. The van der Waals surface area contributed by atoms with Gasteiger partial charge in [-0.1, -0.05) is 32.9 Å². The van der Waals surface area contributed by atoms with Crippen LogP contribution in [0.5, 0.6) is 0 Å². The van der Waals surface area contributed by atoms with E-state index in [2.05, 4.69) is 30.9 Å². The van der Waals surface area contributed by atoms with Crippen molar-refractivity contribution in [3.8, 4) is 5.69 Å². The highest BCUT2D eigenvalue weighted by molar-refractivity contribution is 5.82. The number of rotatable bonds is 5. The highest BCUT2D eigenvalue weighted by Crippen LogP contribution is 2.34. The van der Waals surface area contributed by atoms with Crippen LogP contribution >= 0.6 is 0 Å². The number of hydrogen-bond acceptors (Lipinski definition) is 5. The molecular formula is C18H26N4O2. The number of carbonyl (C=O) groups is 1. The van der Waals surface area contributed by atoms with Crippen LogP contribution in [-0.4, -0.2) is 26.8 Å². The van der Waals surface area contributed by atoms with E-state index >= 15 is 0 Å². The molecule has 0 aliphatic rings. The third kappa shape index (κ3) is 4.20. The van der Waals surface area contributed by atoms with Gasteiger partial charge < -0.3 is 10.5 Å². The van der Waals surface area contributed by atoms with Crippen molar-refractivity contribution in [3.05, 3.63) is 42.5 Å². The molecular weight excluding hydrogens is 304 g/mol. The summed E-state index contributed by atoms with van der Waals surface area (Å²) in [5.41, 5.74) is 6.82. The normalized spacial score (nSPS) is 14.5. The molecule has 0 unspecified atom stereocenters. The van der Waals surface area contributed by atoms with Crippen molar-refractivity contribution in [2.45, 2.75) is 52.7 Å². The molecule has 130 valence electrons.